The Balaban J connectivity index is 2.75. The average molecular weight is 227 g/mol. The van der Waals surface area contributed by atoms with Crippen LogP contribution in [0.5, 0.6) is 0 Å². The summed E-state index contributed by atoms with van der Waals surface area (Å²) in [4.78, 5) is 14.3. The van der Waals surface area contributed by atoms with Crippen LogP contribution in [0, 0.1) is 0 Å². The van der Waals surface area contributed by atoms with E-state index in [0.717, 1.165) is 18.1 Å². The van der Waals surface area contributed by atoms with Crippen molar-refractivity contribution in [1.82, 2.24) is 0 Å². The van der Waals surface area contributed by atoms with Crippen LogP contribution in [0.3, 0.4) is 0 Å². The zero-order valence-corrected chi connectivity index (χ0v) is 10.3. The molecule has 0 radical (unpaired) electrons. The molecule has 0 amide bonds. The molecule has 1 heterocycles. The van der Waals surface area contributed by atoms with Gasteiger partial charge in [0.2, 0.25) is 0 Å². The molecule has 0 saturated heterocycles. The minimum atomic E-state index is -0.221. The summed E-state index contributed by atoms with van der Waals surface area (Å²) in [6.07, 6.45) is 0. The fourth-order valence-electron chi connectivity index (χ4n) is 1.34. The maximum absolute atomic E-state index is 11.4. The van der Waals surface area contributed by atoms with Crippen LogP contribution < -0.4 is 4.90 Å². The molecule has 0 N–H and O–H groups in total. The Hall–Kier alpha value is -1.03. The van der Waals surface area contributed by atoms with E-state index in [0.29, 0.717) is 11.5 Å². The van der Waals surface area contributed by atoms with E-state index >= 15 is 0 Å². The molecule has 0 spiro atoms. The van der Waals surface area contributed by atoms with Crippen LogP contribution in [0.4, 0.5) is 5.00 Å². The number of nitrogens with zero attached hydrogens (tertiary/aromatic N) is 1. The number of esters is 1. The molecule has 0 aliphatic carbocycles. The van der Waals surface area contributed by atoms with Crippen molar-refractivity contribution >= 4 is 22.3 Å². The molecule has 0 aliphatic heterocycles. The first-order chi connectivity index (χ1) is 7.22. The molecular weight excluding hydrogens is 210 g/mol. The van der Waals surface area contributed by atoms with Crippen LogP contribution in [0.25, 0.3) is 0 Å². The summed E-state index contributed by atoms with van der Waals surface area (Å²) >= 11 is 1.49. The van der Waals surface area contributed by atoms with Gasteiger partial charge in [0.15, 0.2) is 0 Å². The van der Waals surface area contributed by atoms with Gasteiger partial charge in [-0.1, -0.05) is 0 Å². The standard InChI is InChI=1S/C11H17NO2S/c1-4-12(5-2)10-8-7-9(15-10)11(13)14-6-3/h7-8H,4-6H2,1-3H3. The quantitative estimate of drug-likeness (QED) is 0.724. The smallest absolute Gasteiger partial charge is 0.348 e. The molecule has 0 aliphatic rings. The van der Waals surface area contributed by atoms with Crippen molar-refractivity contribution in [3.63, 3.8) is 0 Å². The lowest BCUT2D eigenvalue weighted by Crippen LogP contribution is -2.20. The maximum atomic E-state index is 11.4. The zero-order valence-electron chi connectivity index (χ0n) is 9.45. The van der Waals surface area contributed by atoms with Gasteiger partial charge in [-0.3, -0.25) is 0 Å². The van der Waals surface area contributed by atoms with Crippen LogP contribution >= 0.6 is 11.3 Å². The molecule has 4 heteroatoms. The minimum absolute atomic E-state index is 0.221. The number of thiophene rings is 1. The Labute approximate surface area is 94.7 Å². The fourth-order valence-corrected chi connectivity index (χ4v) is 2.37. The van der Waals surface area contributed by atoms with Crippen LogP contribution in [0.1, 0.15) is 30.4 Å². The number of anilines is 1. The Morgan fingerprint density at radius 1 is 1.33 bits per heavy atom. The predicted molar refractivity (Wildman–Crippen MR) is 63.8 cm³/mol. The fraction of sp³-hybridized carbons (Fsp3) is 0.545. The Kier molecular flexibility index (Phi) is 4.62. The van der Waals surface area contributed by atoms with Crippen LogP contribution in [-0.2, 0) is 4.74 Å². The highest BCUT2D eigenvalue weighted by Gasteiger charge is 2.12. The van der Waals surface area contributed by atoms with Gasteiger partial charge < -0.3 is 9.64 Å². The van der Waals surface area contributed by atoms with Gasteiger partial charge in [-0.2, -0.15) is 0 Å². The summed E-state index contributed by atoms with van der Waals surface area (Å²) in [7, 11) is 0. The highest BCUT2D eigenvalue weighted by molar-refractivity contribution is 7.17. The second kappa shape index (κ2) is 5.75. The first-order valence-corrected chi connectivity index (χ1v) is 6.06. The molecule has 0 unspecified atom stereocenters. The minimum Gasteiger partial charge on any atom is -0.462 e. The van der Waals surface area contributed by atoms with E-state index in [1.54, 1.807) is 0 Å². The summed E-state index contributed by atoms with van der Waals surface area (Å²) in [5, 5.41) is 1.13. The normalized spacial score (nSPS) is 10.1. The van der Waals surface area contributed by atoms with E-state index in [4.69, 9.17) is 4.74 Å². The first-order valence-electron chi connectivity index (χ1n) is 5.24. The van der Waals surface area contributed by atoms with Crippen LogP contribution in [0.2, 0.25) is 0 Å². The molecule has 0 saturated carbocycles. The lowest BCUT2D eigenvalue weighted by atomic mass is 10.4. The van der Waals surface area contributed by atoms with Crippen molar-refractivity contribution in [1.29, 1.82) is 0 Å². The van der Waals surface area contributed by atoms with Crippen LogP contribution in [-0.4, -0.2) is 25.7 Å². The van der Waals surface area contributed by atoms with E-state index < -0.39 is 0 Å². The summed E-state index contributed by atoms with van der Waals surface area (Å²) in [5.41, 5.74) is 0. The van der Waals surface area contributed by atoms with Gasteiger partial charge >= 0.3 is 5.97 Å². The Bertz CT molecular complexity index is 318. The van der Waals surface area contributed by atoms with Crippen LogP contribution in [0.15, 0.2) is 12.1 Å². The molecule has 3 nitrogen and oxygen atoms in total. The molecule has 1 rings (SSSR count). The Morgan fingerprint density at radius 2 is 2.00 bits per heavy atom. The van der Waals surface area contributed by atoms with Gasteiger partial charge in [-0.05, 0) is 32.9 Å². The van der Waals surface area contributed by atoms with Crippen molar-refractivity contribution in [3.8, 4) is 0 Å². The summed E-state index contributed by atoms with van der Waals surface area (Å²) in [6, 6.07) is 3.81. The summed E-state index contributed by atoms with van der Waals surface area (Å²) in [5.74, 6) is -0.221. The van der Waals surface area contributed by atoms with Gasteiger partial charge in [0.05, 0.1) is 11.6 Å². The third-order valence-corrected chi connectivity index (χ3v) is 3.27. The maximum Gasteiger partial charge on any atom is 0.348 e. The molecule has 0 bridgehead atoms. The highest BCUT2D eigenvalue weighted by Crippen LogP contribution is 2.26. The van der Waals surface area contributed by atoms with Crippen molar-refractivity contribution < 1.29 is 9.53 Å². The molecule has 15 heavy (non-hydrogen) atoms. The van der Waals surface area contributed by atoms with E-state index in [2.05, 4.69) is 18.7 Å². The molecule has 1 aromatic rings. The monoisotopic (exact) mass is 227 g/mol. The third-order valence-electron chi connectivity index (χ3n) is 2.14. The second-order valence-corrected chi connectivity index (χ2v) is 4.09. The zero-order chi connectivity index (χ0) is 11.3. The van der Waals surface area contributed by atoms with E-state index in [1.165, 1.54) is 11.3 Å². The number of ether oxygens (including phenoxy) is 1. The molecular formula is C11H17NO2S. The van der Waals surface area contributed by atoms with Gasteiger partial charge in [0, 0.05) is 13.1 Å². The van der Waals surface area contributed by atoms with E-state index in [9.17, 15) is 4.79 Å². The largest absolute Gasteiger partial charge is 0.462 e. The third kappa shape index (κ3) is 2.96. The molecule has 0 atom stereocenters. The van der Waals surface area contributed by atoms with E-state index in [1.807, 2.05) is 19.1 Å². The van der Waals surface area contributed by atoms with Crippen molar-refractivity contribution in [3.05, 3.63) is 17.0 Å². The van der Waals surface area contributed by atoms with Gasteiger partial charge in [0.25, 0.3) is 0 Å². The summed E-state index contributed by atoms with van der Waals surface area (Å²) < 4.78 is 4.94. The number of hydrogen-bond donors (Lipinski definition) is 0. The van der Waals surface area contributed by atoms with Gasteiger partial charge in [-0.15, -0.1) is 11.3 Å². The molecule has 0 fully saturated rings. The van der Waals surface area contributed by atoms with Gasteiger partial charge in [0.1, 0.15) is 4.88 Å². The molecule has 0 aromatic carbocycles. The van der Waals surface area contributed by atoms with Crippen molar-refractivity contribution in [2.24, 2.45) is 0 Å². The average Bonchev–Trinajstić information content (AvgIpc) is 2.69. The molecule has 84 valence electrons. The topological polar surface area (TPSA) is 29.5 Å². The molecule has 1 aromatic heterocycles. The SMILES string of the molecule is CCOC(=O)c1ccc(N(CC)CC)s1. The first kappa shape index (κ1) is 12.0. The summed E-state index contributed by atoms with van der Waals surface area (Å²) in [6.45, 7) is 8.37. The van der Waals surface area contributed by atoms with E-state index in [-0.39, 0.29) is 5.97 Å². The number of carbonyl (C=O) groups excluding carboxylic acids is 1. The number of hydrogen-bond acceptors (Lipinski definition) is 4. The lowest BCUT2D eigenvalue weighted by Gasteiger charge is -2.17. The Morgan fingerprint density at radius 3 is 2.53 bits per heavy atom. The number of carbonyl (C=O) groups is 1. The van der Waals surface area contributed by atoms with Gasteiger partial charge in [-0.25, -0.2) is 4.79 Å². The van der Waals surface area contributed by atoms with Crippen molar-refractivity contribution in [2.45, 2.75) is 20.8 Å². The van der Waals surface area contributed by atoms with Crippen molar-refractivity contribution in [2.75, 3.05) is 24.6 Å². The predicted octanol–water partition coefficient (Wildman–Crippen LogP) is 2.77. The number of rotatable bonds is 5. The second-order valence-electron chi connectivity index (χ2n) is 3.03. The lowest BCUT2D eigenvalue weighted by molar-refractivity contribution is 0.0532. The highest BCUT2D eigenvalue weighted by atomic mass is 32.1.